The van der Waals surface area contributed by atoms with Gasteiger partial charge >= 0.3 is 5.69 Å². The van der Waals surface area contributed by atoms with Crippen LogP contribution in [-0.4, -0.2) is 28.8 Å². The molecular weight excluding hydrogens is 314 g/mol. The Kier molecular flexibility index (Phi) is 4.01. The maximum absolute atomic E-state index is 12.8. The summed E-state index contributed by atoms with van der Waals surface area (Å²) in [6.07, 6.45) is 2.18. The van der Waals surface area contributed by atoms with E-state index < -0.39 is 0 Å². The number of benzene rings is 2. The van der Waals surface area contributed by atoms with E-state index in [0.29, 0.717) is 18.0 Å². The van der Waals surface area contributed by atoms with Crippen LogP contribution in [0, 0.1) is 6.92 Å². The SMILES string of the molecule is COC1CC(Nc2nc(=O)n(-c3ccccc3C)c3ccccc23)C1. The highest BCUT2D eigenvalue weighted by Gasteiger charge is 2.29. The summed E-state index contributed by atoms with van der Waals surface area (Å²) >= 11 is 0. The van der Waals surface area contributed by atoms with Gasteiger partial charge < -0.3 is 10.1 Å². The van der Waals surface area contributed by atoms with E-state index in [1.165, 1.54) is 0 Å². The van der Waals surface area contributed by atoms with Gasteiger partial charge in [0.25, 0.3) is 0 Å². The molecule has 25 heavy (non-hydrogen) atoms. The van der Waals surface area contributed by atoms with Crippen molar-refractivity contribution in [3.8, 4) is 5.69 Å². The van der Waals surface area contributed by atoms with Gasteiger partial charge in [-0.25, -0.2) is 4.79 Å². The van der Waals surface area contributed by atoms with Crippen LogP contribution in [0.5, 0.6) is 0 Å². The molecule has 0 aliphatic heterocycles. The third-order valence-electron chi connectivity index (χ3n) is 4.92. The topological polar surface area (TPSA) is 56.1 Å². The molecule has 3 aromatic rings. The summed E-state index contributed by atoms with van der Waals surface area (Å²) in [7, 11) is 1.73. The summed E-state index contributed by atoms with van der Waals surface area (Å²) in [4.78, 5) is 17.1. The molecule has 2 aromatic carbocycles. The van der Waals surface area contributed by atoms with Crippen molar-refractivity contribution in [3.63, 3.8) is 0 Å². The zero-order valence-electron chi connectivity index (χ0n) is 14.4. The van der Waals surface area contributed by atoms with Gasteiger partial charge in [0.1, 0.15) is 5.82 Å². The number of fused-ring (bicyclic) bond motifs is 1. The molecule has 0 saturated heterocycles. The molecule has 5 heteroatoms. The normalized spacial score (nSPS) is 19.6. The molecule has 4 rings (SSSR count). The molecule has 0 amide bonds. The second kappa shape index (κ2) is 6.33. The lowest BCUT2D eigenvalue weighted by molar-refractivity contribution is 0.0328. The number of nitrogens with one attached hydrogen (secondary N) is 1. The van der Waals surface area contributed by atoms with Crippen molar-refractivity contribution in [2.45, 2.75) is 31.9 Å². The van der Waals surface area contributed by atoms with Gasteiger partial charge in [-0.05, 0) is 43.5 Å². The maximum Gasteiger partial charge on any atom is 0.354 e. The number of methoxy groups -OCH3 is 1. The van der Waals surface area contributed by atoms with Crippen LogP contribution in [0.4, 0.5) is 5.82 Å². The van der Waals surface area contributed by atoms with Crippen molar-refractivity contribution in [2.75, 3.05) is 12.4 Å². The van der Waals surface area contributed by atoms with E-state index in [1.807, 2.05) is 55.5 Å². The van der Waals surface area contributed by atoms with Crippen LogP contribution in [0.1, 0.15) is 18.4 Å². The molecule has 1 N–H and O–H groups in total. The third-order valence-corrected chi connectivity index (χ3v) is 4.92. The van der Waals surface area contributed by atoms with E-state index >= 15 is 0 Å². The Morgan fingerprint density at radius 3 is 2.60 bits per heavy atom. The van der Waals surface area contributed by atoms with E-state index in [2.05, 4.69) is 10.3 Å². The van der Waals surface area contributed by atoms with E-state index in [-0.39, 0.29) is 5.69 Å². The fourth-order valence-corrected chi connectivity index (χ4v) is 3.40. The first-order valence-electron chi connectivity index (χ1n) is 8.54. The zero-order valence-corrected chi connectivity index (χ0v) is 14.4. The molecule has 1 fully saturated rings. The Hall–Kier alpha value is -2.66. The smallest absolute Gasteiger partial charge is 0.354 e. The standard InChI is InChI=1S/C20H21N3O2/c1-13-7-3-5-9-17(13)23-18-10-6-4-8-16(18)19(22-20(23)24)21-14-11-15(12-14)25-2/h3-10,14-15H,11-12H2,1-2H3,(H,21,22,24). The minimum absolute atomic E-state index is 0.266. The predicted molar refractivity (Wildman–Crippen MR) is 99.5 cm³/mol. The molecular formula is C20H21N3O2. The van der Waals surface area contributed by atoms with E-state index in [9.17, 15) is 4.79 Å². The lowest BCUT2D eigenvalue weighted by atomic mass is 9.89. The van der Waals surface area contributed by atoms with Gasteiger partial charge in [-0.15, -0.1) is 0 Å². The highest BCUT2D eigenvalue weighted by molar-refractivity contribution is 5.90. The number of aromatic nitrogens is 2. The maximum atomic E-state index is 12.8. The highest BCUT2D eigenvalue weighted by Crippen LogP contribution is 2.29. The number of ether oxygens (including phenoxy) is 1. The highest BCUT2D eigenvalue weighted by atomic mass is 16.5. The largest absolute Gasteiger partial charge is 0.381 e. The minimum Gasteiger partial charge on any atom is -0.381 e. The fourth-order valence-electron chi connectivity index (χ4n) is 3.40. The average molecular weight is 335 g/mol. The molecule has 0 bridgehead atoms. The second-order valence-corrected chi connectivity index (χ2v) is 6.55. The summed E-state index contributed by atoms with van der Waals surface area (Å²) in [5.41, 5.74) is 2.50. The van der Waals surface area contributed by atoms with Crippen LogP contribution in [0.25, 0.3) is 16.6 Å². The Morgan fingerprint density at radius 1 is 1.12 bits per heavy atom. The number of rotatable bonds is 4. The van der Waals surface area contributed by atoms with Crippen LogP contribution in [-0.2, 0) is 4.74 Å². The molecule has 1 heterocycles. The van der Waals surface area contributed by atoms with Crippen molar-refractivity contribution in [2.24, 2.45) is 0 Å². The van der Waals surface area contributed by atoms with Gasteiger partial charge in [-0.2, -0.15) is 4.98 Å². The van der Waals surface area contributed by atoms with Crippen molar-refractivity contribution < 1.29 is 4.74 Å². The molecule has 0 unspecified atom stereocenters. The molecule has 1 aliphatic rings. The molecule has 1 aliphatic carbocycles. The lowest BCUT2D eigenvalue weighted by Crippen LogP contribution is -2.41. The average Bonchev–Trinajstić information content (AvgIpc) is 2.59. The van der Waals surface area contributed by atoms with Crippen LogP contribution in [0.2, 0.25) is 0 Å². The van der Waals surface area contributed by atoms with Crippen molar-refractivity contribution in [3.05, 3.63) is 64.6 Å². The molecule has 1 aromatic heterocycles. The number of hydrogen-bond acceptors (Lipinski definition) is 4. The summed E-state index contributed by atoms with van der Waals surface area (Å²) in [6.45, 7) is 2.00. The first-order valence-corrected chi connectivity index (χ1v) is 8.54. The summed E-state index contributed by atoms with van der Waals surface area (Å²) in [5.74, 6) is 0.657. The van der Waals surface area contributed by atoms with Crippen molar-refractivity contribution >= 4 is 16.7 Å². The fraction of sp³-hybridized carbons (Fsp3) is 0.300. The number of hydrogen-bond donors (Lipinski definition) is 1. The minimum atomic E-state index is -0.266. The molecule has 0 spiro atoms. The number of nitrogens with zero attached hydrogens (tertiary/aromatic N) is 2. The molecule has 5 nitrogen and oxygen atoms in total. The molecule has 0 radical (unpaired) electrons. The summed E-state index contributed by atoms with van der Waals surface area (Å²) in [5, 5.41) is 4.37. The number of aryl methyl sites for hydroxylation is 1. The first-order chi connectivity index (χ1) is 12.2. The Bertz CT molecular complexity index is 974. The molecule has 128 valence electrons. The Balaban J connectivity index is 1.82. The van der Waals surface area contributed by atoms with Gasteiger partial charge in [0, 0.05) is 18.5 Å². The monoisotopic (exact) mass is 335 g/mol. The van der Waals surface area contributed by atoms with Crippen molar-refractivity contribution in [1.82, 2.24) is 9.55 Å². The Morgan fingerprint density at radius 2 is 1.84 bits per heavy atom. The van der Waals surface area contributed by atoms with Crippen molar-refractivity contribution in [1.29, 1.82) is 0 Å². The van der Waals surface area contributed by atoms with Crippen LogP contribution in [0.15, 0.2) is 53.3 Å². The van der Waals surface area contributed by atoms with Crippen LogP contribution < -0.4 is 11.0 Å². The second-order valence-electron chi connectivity index (χ2n) is 6.55. The quantitative estimate of drug-likeness (QED) is 0.795. The zero-order chi connectivity index (χ0) is 17.4. The van der Waals surface area contributed by atoms with Gasteiger partial charge in [-0.1, -0.05) is 30.3 Å². The number of anilines is 1. The van der Waals surface area contributed by atoms with Crippen LogP contribution in [0.3, 0.4) is 0 Å². The molecule has 1 saturated carbocycles. The van der Waals surface area contributed by atoms with Gasteiger partial charge in [0.15, 0.2) is 0 Å². The Labute approximate surface area is 146 Å². The van der Waals surface area contributed by atoms with E-state index in [0.717, 1.165) is 35.0 Å². The van der Waals surface area contributed by atoms with Crippen LogP contribution >= 0.6 is 0 Å². The van der Waals surface area contributed by atoms with E-state index in [4.69, 9.17) is 4.74 Å². The molecule has 0 atom stereocenters. The van der Waals surface area contributed by atoms with Gasteiger partial charge in [0.2, 0.25) is 0 Å². The lowest BCUT2D eigenvalue weighted by Gasteiger charge is -2.35. The van der Waals surface area contributed by atoms with Gasteiger partial charge in [-0.3, -0.25) is 4.57 Å². The van der Waals surface area contributed by atoms with E-state index in [1.54, 1.807) is 11.7 Å². The predicted octanol–water partition coefficient (Wildman–Crippen LogP) is 3.28. The number of para-hydroxylation sites is 2. The summed E-state index contributed by atoms with van der Waals surface area (Å²) < 4.78 is 7.02. The summed E-state index contributed by atoms with van der Waals surface area (Å²) in [6, 6.07) is 16.1. The third kappa shape index (κ3) is 2.81. The first kappa shape index (κ1) is 15.8. The van der Waals surface area contributed by atoms with Gasteiger partial charge in [0.05, 0.1) is 17.3 Å².